The fraction of sp³-hybridized carbons (Fsp3) is 0.273. The molecule has 0 saturated heterocycles. The molecule has 2 heterocycles. The first kappa shape index (κ1) is 20.4. The topological polar surface area (TPSA) is 102 Å². The van der Waals surface area contributed by atoms with Gasteiger partial charge < -0.3 is 23.3 Å². The summed E-state index contributed by atoms with van der Waals surface area (Å²) in [6.07, 6.45) is 0.707. The Hall–Kier alpha value is -3.88. The van der Waals surface area contributed by atoms with Gasteiger partial charge in [0, 0.05) is 12.5 Å². The molecule has 0 radical (unpaired) electrons. The second kappa shape index (κ2) is 8.86. The lowest BCUT2D eigenvalue weighted by Gasteiger charge is -2.07. The van der Waals surface area contributed by atoms with E-state index >= 15 is 0 Å². The molecule has 0 aliphatic carbocycles. The molecule has 0 unspecified atom stereocenters. The number of aryl methyl sites for hydroxylation is 1. The van der Waals surface area contributed by atoms with Gasteiger partial charge in [-0.25, -0.2) is 4.98 Å². The monoisotopic (exact) mass is 422 g/mol. The van der Waals surface area contributed by atoms with Crippen molar-refractivity contribution >= 4 is 17.0 Å². The van der Waals surface area contributed by atoms with Gasteiger partial charge in [-0.3, -0.25) is 4.79 Å². The zero-order valence-electron chi connectivity index (χ0n) is 17.5. The van der Waals surface area contributed by atoms with Gasteiger partial charge in [-0.2, -0.15) is 4.98 Å². The average Bonchev–Trinajstić information content (AvgIpc) is 3.42. The van der Waals surface area contributed by atoms with E-state index in [1.54, 1.807) is 32.4 Å². The van der Waals surface area contributed by atoms with Crippen molar-refractivity contribution in [2.75, 3.05) is 14.2 Å². The van der Waals surface area contributed by atoms with Crippen LogP contribution in [0.1, 0.15) is 18.6 Å². The van der Waals surface area contributed by atoms with E-state index in [2.05, 4.69) is 15.1 Å². The predicted octanol–water partition coefficient (Wildman–Crippen LogP) is 3.41. The van der Waals surface area contributed by atoms with Crippen molar-refractivity contribution in [1.29, 1.82) is 0 Å². The lowest BCUT2D eigenvalue weighted by atomic mass is 10.2. The molecule has 2 aromatic carbocycles. The Kier molecular flexibility index (Phi) is 5.83. The van der Waals surface area contributed by atoms with Gasteiger partial charge in [0.05, 0.1) is 30.8 Å². The number of ether oxygens (including phenoxy) is 3. The molecular weight excluding hydrogens is 400 g/mol. The lowest BCUT2D eigenvalue weighted by molar-refractivity contribution is -0.146. The van der Waals surface area contributed by atoms with Crippen molar-refractivity contribution < 1.29 is 23.5 Å². The summed E-state index contributed by atoms with van der Waals surface area (Å²) >= 11 is 0. The van der Waals surface area contributed by atoms with Crippen molar-refractivity contribution in [3.8, 4) is 22.9 Å². The summed E-state index contributed by atoms with van der Waals surface area (Å²) in [7, 11) is 3.12. The van der Waals surface area contributed by atoms with Crippen LogP contribution in [-0.4, -0.2) is 39.9 Å². The van der Waals surface area contributed by atoms with Gasteiger partial charge in [0.1, 0.15) is 23.9 Å². The molecule has 0 atom stereocenters. The Morgan fingerprint density at radius 1 is 1.10 bits per heavy atom. The minimum absolute atomic E-state index is 0.0526. The number of carbonyl (C=O) groups is 1. The third-order valence-corrected chi connectivity index (χ3v) is 4.81. The molecule has 4 aromatic rings. The number of methoxy groups -OCH3 is 2. The maximum Gasteiger partial charge on any atom is 0.326 e. The second-order valence-electron chi connectivity index (χ2n) is 6.70. The Balaban J connectivity index is 1.44. The maximum absolute atomic E-state index is 12.4. The largest absolute Gasteiger partial charge is 0.497 e. The number of esters is 1. The van der Waals surface area contributed by atoms with Gasteiger partial charge in [0.25, 0.3) is 5.89 Å². The number of hydrogen-bond acceptors (Lipinski definition) is 8. The molecule has 0 amide bonds. The maximum atomic E-state index is 12.4. The first-order valence-electron chi connectivity index (χ1n) is 9.77. The van der Waals surface area contributed by atoms with Crippen molar-refractivity contribution in [1.82, 2.24) is 19.7 Å². The minimum Gasteiger partial charge on any atom is -0.497 e. The summed E-state index contributed by atoms with van der Waals surface area (Å²) in [5.74, 6) is 2.12. The average molecular weight is 422 g/mol. The van der Waals surface area contributed by atoms with Crippen LogP contribution in [0.15, 0.2) is 47.0 Å². The highest BCUT2D eigenvalue weighted by atomic mass is 16.6. The smallest absolute Gasteiger partial charge is 0.326 e. The summed E-state index contributed by atoms with van der Waals surface area (Å²) in [5.41, 5.74) is 2.38. The molecule has 0 aliphatic heterocycles. The number of aromatic nitrogens is 4. The van der Waals surface area contributed by atoms with Crippen LogP contribution >= 0.6 is 0 Å². The van der Waals surface area contributed by atoms with Crippen LogP contribution < -0.4 is 9.47 Å². The first-order chi connectivity index (χ1) is 15.1. The van der Waals surface area contributed by atoms with Crippen LogP contribution in [0.5, 0.6) is 11.5 Å². The van der Waals surface area contributed by atoms with Crippen LogP contribution in [0, 0.1) is 0 Å². The SMILES string of the molecule is CCc1nc2ccccc2n1CC(=O)OCc1nc(-c2ccc(OC)cc2OC)no1. The van der Waals surface area contributed by atoms with Crippen molar-refractivity contribution in [3.05, 3.63) is 54.2 Å². The fourth-order valence-corrected chi connectivity index (χ4v) is 3.29. The van der Waals surface area contributed by atoms with Gasteiger partial charge in [-0.15, -0.1) is 0 Å². The number of rotatable bonds is 8. The summed E-state index contributed by atoms with van der Waals surface area (Å²) in [5, 5.41) is 3.96. The molecule has 160 valence electrons. The number of carbonyl (C=O) groups excluding carboxylic acids is 1. The first-order valence-corrected chi connectivity index (χ1v) is 9.77. The van der Waals surface area contributed by atoms with Crippen molar-refractivity contribution in [3.63, 3.8) is 0 Å². The van der Waals surface area contributed by atoms with E-state index in [0.29, 0.717) is 29.3 Å². The Morgan fingerprint density at radius 2 is 1.94 bits per heavy atom. The molecule has 9 heteroatoms. The Labute approximate surface area is 178 Å². The number of nitrogens with zero attached hydrogens (tertiary/aromatic N) is 4. The van der Waals surface area contributed by atoms with Crippen LogP contribution in [0.2, 0.25) is 0 Å². The molecular formula is C22H22N4O5. The predicted molar refractivity (Wildman–Crippen MR) is 112 cm³/mol. The van der Waals surface area contributed by atoms with E-state index < -0.39 is 5.97 Å². The van der Waals surface area contributed by atoms with E-state index in [1.807, 2.05) is 35.8 Å². The van der Waals surface area contributed by atoms with Gasteiger partial charge >= 0.3 is 5.97 Å². The quantitative estimate of drug-likeness (QED) is 0.398. The molecule has 0 spiro atoms. The van der Waals surface area contributed by atoms with E-state index in [1.165, 1.54) is 0 Å². The lowest BCUT2D eigenvalue weighted by Crippen LogP contribution is -2.15. The van der Waals surface area contributed by atoms with Crippen molar-refractivity contribution in [2.24, 2.45) is 0 Å². The second-order valence-corrected chi connectivity index (χ2v) is 6.70. The van der Waals surface area contributed by atoms with E-state index in [-0.39, 0.29) is 19.0 Å². The Bertz CT molecular complexity index is 1210. The molecule has 0 fully saturated rings. The summed E-state index contributed by atoms with van der Waals surface area (Å²) in [4.78, 5) is 21.3. The summed E-state index contributed by atoms with van der Waals surface area (Å²) in [6, 6.07) is 13.0. The van der Waals surface area contributed by atoms with Gasteiger partial charge in [0.2, 0.25) is 5.82 Å². The third kappa shape index (κ3) is 4.20. The van der Waals surface area contributed by atoms with Crippen LogP contribution in [0.25, 0.3) is 22.4 Å². The molecule has 0 bridgehead atoms. The van der Waals surface area contributed by atoms with Crippen LogP contribution in [-0.2, 0) is 29.1 Å². The standard InChI is InChI=1S/C22H22N4O5/c1-4-19-23-16-7-5-6-8-17(16)26(19)12-21(27)30-13-20-24-22(25-31-20)15-10-9-14(28-2)11-18(15)29-3/h5-11H,4,12-13H2,1-3H3. The van der Waals surface area contributed by atoms with Gasteiger partial charge in [-0.1, -0.05) is 24.2 Å². The van der Waals surface area contributed by atoms with Crippen LogP contribution in [0.3, 0.4) is 0 Å². The highest BCUT2D eigenvalue weighted by Gasteiger charge is 2.17. The van der Waals surface area contributed by atoms with E-state index in [0.717, 1.165) is 16.9 Å². The number of hydrogen-bond donors (Lipinski definition) is 0. The number of para-hydroxylation sites is 2. The highest BCUT2D eigenvalue weighted by molar-refractivity contribution is 5.79. The number of imidazole rings is 1. The molecule has 0 saturated carbocycles. The zero-order valence-corrected chi connectivity index (χ0v) is 17.5. The highest BCUT2D eigenvalue weighted by Crippen LogP contribution is 2.31. The molecule has 31 heavy (non-hydrogen) atoms. The minimum atomic E-state index is -0.417. The number of fused-ring (bicyclic) bond motifs is 1. The molecule has 0 N–H and O–H groups in total. The van der Waals surface area contributed by atoms with Crippen molar-refractivity contribution in [2.45, 2.75) is 26.5 Å². The molecule has 2 aromatic heterocycles. The normalized spacial score (nSPS) is 10.9. The summed E-state index contributed by atoms with van der Waals surface area (Å²) in [6.45, 7) is 1.92. The van der Waals surface area contributed by atoms with Gasteiger partial charge in [0.15, 0.2) is 6.61 Å². The molecule has 0 aliphatic rings. The van der Waals surface area contributed by atoms with E-state index in [4.69, 9.17) is 18.7 Å². The van der Waals surface area contributed by atoms with E-state index in [9.17, 15) is 4.79 Å². The van der Waals surface area contributed by atoms with Crippen LogP contribution in [0.4, 0.5) is 0 Å². The number of benzene rings is 2. The van der Waals surface area contributed by atoms with Gasteiger partial charge in [-0.05, 0) is 24.3 Å². The zero-order chi connectivity index (χ0) is 21.8. The fourth-order valence-electron chi connectivity index (χ4n) is 3.29. The molecule has 9 nitrogen and oxygen atoms in total. The summed E-state index contributed by atoms with van der Waals surface area (Å²) < 4.78 is 23.0. The molecule has 4 rings (SSSR count). The third-order valence-electron chi connectivity index (χ3n) is 4.81. The Morgan fingerprint density at radius 3 is 2.71 bits per heavy atom.